The lowest BCUT2D eigenvalue weighted by Crippen LogP contribution is -2.36. The predicted molar refractivity (Wildman–Crippen MR) is 80.6 cm³/mol. The number of aliphatic hydroxyl groups excluding tert-OH is 1. The van der Waals surface area contributed by atoms with E-state index < -0.39 is 0 Å². The fourth-order valence-electron chi connectivity index (χ4n) is 2.75. The molecule has 19 heavy (non-hydrogen) atoms. The Labute approximate surface area is 116 Å². The molecule has 106 valence electrons. The van der Waals surface area contributed by atoms with Gasteiger partial charge in [-0.25, -0.2) is 0 Å². The highest BCUT2D eigenvalue weighted by Crippen LogP contribution is 2.23. The van der Waals surface area contributed by atoms with E-state index in [-0.39, 0.29) is 6.10 Å². The highest BCUT2D eigenvalue weighted by molar-refractivity contribution is 5.46. The van der Waals surface area contributed by atoms with Crippen LogP contribution in [-0.2, 0) is 0 Å². The Morgan fingerprint density at radius 3 is 2.21 bits per heavy atom. The second-order valence-corrected chi connectivity index (χ2v) is 5.88. The topological polar surface area (TPSA) is 35.5 Å². The number of rotatable bonds is 4. The van der Waals surface area contributed by atoms with Crippen molar-refractivity contribution < 1.29 is 5.11 Å². The van der Waals surface area contributed by atoms with Crippen LogP contribution in [0.2, 0.25) is 0 Å². The van der Waals surface area contributed by atoms with Crippen LogP contribution in [0.4, 0.5) is 5.69 Å². The average Bonchev–Trinajstić information content (AvgIpc) is 2.41. The van der Waals surface area contributed by atoms with Crippen molar-refractivity contribution in [3.63, 3.8) is 0 Å². The molecule has 0 heterocycles. The number of hydrogen-bond donors (Lipinski definition) is 2. The van der Waals surface area contributed by atoms with Crippen molar-refractivity contribution in [3.8, 4) is 0 Å². The molecule has 1 aromatic rings. The zero-order valence-corrected chi connectivity index (χ0v) is 12.3. The summed E-state index contributed by atoms with van der Waals surface area (Å²) >= 11 is 0. The van der Waals surface area contributed by atoms with Crippen LogP contribution in [0.3, 0.4) is 0 Å². The molecule has 1 aromatic carbocycles. The molecule has 1 aliphatic rings. The molecule has 0 amide bonds. The van der Waals surface area contributed by atoms with E-state index in [9.17, 15) is 5.11 Å². The molecule has 0 aliphatic heterocycles. The zero-order valence-electron chi connectivity index (χ0n) is 12.3. The summed E-state index contributed by atoms with van der Waals surface area (Å²) in [5.74, 6) is 0. The van der Waals surface area contributed by atoms with Gasteiger partial charge in [0.05, 0.1) is 6.10 Å². The van der Waals surface area contributed by atoms with Gasteiger partial charge in [-0.15, -0.1) is 0 Å². The summed E-state index contributed by atoms with van der Waals surface area (Å²) in [5, 5.41) is 13.2. The smallest absolute Gasteiger partial charge is 0.0541 e. The molecule has 1 aliphatic carbocycles. The van der Waals surface area contributed by atoms with Gasteiger partial charge in [0.25, 0.3) is 0 Å². The molecule has 1 atom stereocenters. The molecule has 1 unspecified atom stereocenters. The third kappa shape index (κ3) is 3.95. The monoisotopic (exact) mass is 262 g/mol. The largest absolute Gasteiger partial charge is 0.393 e. The molecule has 1 fully saturated rings. The first-order valence-electron chi connectivity index (χ1n) is 7.27. The summed E-state index contributed by atoms with van der Waals surface area (Å²) in [6.45, 7) is 2.22. The van der Waals surface area contributed by atoms with Crippen LogP contribution < -0.4 is 10.2 Å². The molecule has 1 saturated carbocycles. The molecule has 2 rings (SSSR count). The lowest BCUT2D eigenvalue weighted by molar-refractivity contribution is 0.114. The van der Waals surface area contributed by atoms with Crippen molar-refractivity contribution >= 4 is 5.69 Å². The van der Waals surface area contributed by atoms with E-state index in [0.29, 0.717) is 12.1 Å². The van der Waals surface area contributed by atoms with E-state index in [1.807, 2.05) is 0 Å². The molecule has 3 nitrogen and oxygen atoms in total. The maximum atomic E-state index is 9.53. The fourth-order valence-corrected chi connectivity index (χ4v) is 2.75. The van der Waals surface area contributed by atoms with Crippen molar-refractivity contribution in [2.24, 2.45) is 0 Å². The summed E-state index contributed by atoms with van der Waals surface area (Å²) in [6, 6.07) is 9.65. The maximum Gasteiger partial charge on any atom is 0.0541 e. The van der Waals surface area contributed by atoms with Gasteiger partial charge in [0.1, 0.15) is 0 Å². The molecule has 0 spiro atoms. The van der Waals surface area contributed by atoms with E-state index >= 15 is 0 Å². The number of nitrogens with one attached hydrogen (secondary N) is 1. The van der Waals surface area contributed by atoms with Gasteiger partial charge in [0.2, 0.25) is 0 Å². The second-order valence-electron chi connectivity index (χ2n) is 5.88. The van der Waals surface area contributed by atoms with E-state index in [1.165, 1.54) is 11.3 Å². The number of aliphatic hydroxyl groups is 1. The summed E-state index contributed by atoms with van der Waals surface area (Å²) < 4.78 is 0. The molecular weight excluding hydrogens is 236 g/mol. The Morgan fingerprint density at radius 2 is 1.68 bits per heavy atom. The van der Waals surface area contributed by atoms with Crippen LogP contribution in [0.1, 0.15) is 44.2 Å². The van der Waals surface area contributed by atoms with Gasteiger partial charge >= 0.3 is 0 Å². The van der Waals surface area contributed by atoms with Crippen LogP contribution in [0.5, 0.6) is 0 Å². The Bertz CT molecular complexity index is 380. The lowest BCUT2D eigenvalue weighted by Gasteiger charge is -2.29. The highest BCUT2D eigenvalue weighted by Gasteiger charge is 2.20. The lowest BCUT2D eigenvalue weighted by atomic mass is 9.92. The minimum absolute atomic E-state index is 0.0762. The van der Waals surface area contributed by atoms with E-state index in [1.54, 1.807) is 0 Å². The minimum atomic E-state index is -0.0762. The third-order valence-corrected chi connectivity index (χ3v) is 4.09. The molecule has 3 heteroatoms. The Kier molecular flexibility index (Phi) is 4.83. The Hall–Kier alpha value is -1.06. The number of anilines is 1. The molecular formula is C16H26N2O. The average molecular weight is 262 g/mol. The van der Waals surface area contributed by atoms with Crippen LogP contribution in [0.25, 0.3) is 0 Å². The normalized spacial score (nSPS) is 25.1. The quantitative estimate of drug-likeness (QED) is 0.876. The molecule has 2 N–H and O–H groups in total. The molecule has 0 saturated heterocycles. The van der Waals surface area contributed by atoms with Crippen molar-refractivity contribution in [1.82, 2.24) is 5.32 Å². The number of benzene rings is 1. The van der Waals surface area contributed by atoms with Crippen LogP contribution in [0.15, 0.2) is 24.3 Å². The van der Waals surface area contributed by atoms with Crippen LogP contribution in [0, 0.1) is 0 Å². The van der Waals surface area contributed by atoms with E-state index in [4.69, 9.17) is 0 Å². The van der Waals surface area contributed by atoms with Gasteiger partial charge in [-0.05, 0) is 50.3 Å². The van der Waals surface area contributed by atoms with Gasteiger partial charge in [0, 0.05) is 31.9 Å². The SMILES string of the molecule is CC(NC1CCC(O)CC1)c1ccc(N(C)C)cc1. The van der Waals surface area contributed by atoms with Crippen molar-refractivity contribution in [1.29, 1.82) is 0 Å². The van der Waals surface area contributed by atoms with Crippen molar-refractivity contribution in [2.45, 2.75) is 50.8 Å². The minimum Gasteiger partial charge on any atom is -0.393 e. The fraction of sp³-hybridized carbons (Fsp3) is 0.625. The molecule has 0 radical (unpaired) electrons. The standard InChI is InChI=1S/C16H26N2O/c1-12(17-14-6-10-16(19)11-7-14)13-4-8-15(9-5-13)18(2)3/h4-5,8-9,12,14,16-17,19H,6-7,10-11H2,1-3H3. The first kappa shape index (κ1) is 14.4. The predicted octanol–water partition coefficient (Wildman–Crippen LogP) is 2.71. The summed E-state index contributed by atoms with van der Waals surface area (Å²) in [5.41, 5.74) is 2.56. The summed E-state index contributed by atoms with van der Waals surface area (Å²) in [6.07, 6.45) is 3.96. The molecule has 0 aromatic heterocycles. The first-order valence-corrected chi connectivity index (χ1v) is 7.27. The Morgan fingerprint density at radius 1 is 1.11 bits per heavy atom. The van der Waals surface area contributed by atoms with E-state index in [0.717, 1.165) is 25.7 Å². The summed E-state index contributed by atoms with van der Waals surface area (Å²) in [7, 11) is 4.12. The van der Waals surface area contributed by atoms with Crippen LogP contribution >= 0.6 is 0 Å². The summed E-state index contributed by atoms with van der Waals surface area (Å²) in [4.78, 5) is 2.12. The number of nitrogens with zero attached hydrogens (tertiary/aromatic N) is 1. The number of hydrogen-bond acceptors (Lipinski definition) is 3. The van der Waals surface area contributed by atoms with Gasteiger partial charge < -0.3 is 15.3 Å². The molecule has 0 bridgehead atoms. The van der Waals surface area contributed by atoms with E-state index in [2.05, 4.69) is 55.5 Å². The van der Waals surface area contributed by atoms with Crippen molar-refractivity contribution in [2.75, 3.05) is 19.0 Å². The van der Waals surface area contributed by atoms with Crippen molar-refractivity contribution in [3.05, 3.63) is 29.8 Å². The zero-order chi connectivity index (χ0) is 13.8. The first-order chi connectivity index (χ1) is 9.06. The third-order valence-electron chi connectivity index (χ3n) is 4.09. The Balaban J connectivity index is 1.90. The highest BCUT2D eigenvalue weighted by atomic mass is 16.3. The van der Waals surface area contributed by atoms with Gasteiger partial charge in [-0.1, -0.05) is 12.1 Å². The van der Waals surface area contributed by atoms with Gasteiger partial charge in [-0.3, -0.25) is 0 Å². The van der Waals surface area contributed by atoms with Gasteiger partial charge in [-0.2, -0.15) is 0 Å². The maximum absolute atomic E-state index is 9.53. The van der Waals surface area contributed by atoms with Gasteiger partial charge in [0.15, 0.2) is 0 Å². The second kappa shape index (κ2) is 6.40. The van der Waals surface area contributed by atoms with Crippen LogP contribution in [-0.4, -0.2) is 31.3 Å².